The van der Waals surface area contributed by atoms with Crippen LogP contribution < -0.4 is 0 Å². The summed E-state index contributed by atoms with van der Waals surface area (Å²) in [5.74, 6) is -4.95. The van der Waals surface area contributed by atoms with Crippen molar-refractivity contribution in [1.82, 2.24) is 0 Å². The molecular weight excluding hydrogens is 564 g/mol. The molecular formula is C31H36O12. The van der Waals surface area contributed by atoms with Crippen LogP contribution in [0.2, 0.25) is 0 Å². The molecule has 0 aromatic rings. The second-order valence-corrected chi connectivity index (χ2v) is 13.5. The Morgan fingerprint density at radius 3 is 2.21 bits per heavy atom. The van der Waals surface area contributed by atoms with Crippen LogP contribution in [0.25, 0.3) is 0 Å². The fourth-order valence-electron chi connectivity index (χ4n) is 9.40. The van der Waals surface area contributed by atoms with Gasteiger partial charge in [0.25, 0.3) is 0 Å². The summed E-state index contributed by atoms with van der Waals surface area (Å²) in [5, 5.41) is 0. The van der Waals surface area contributed by atoms with Gasteiger partial charge in [0, 0.05) is 24.3 Å². The summed E-state index contributed by atoms with van der Waals surface area (Å²) in [7, 11) is 0. The van der Waals surface area contributed by atoms with Crippen molar-refractivity contribution in [1.29, 1.82) is 0 Å². The number of carbonyl (C=O) groups excluding carboxylic acids is 6. The first-order chi connectivity index (χ1) is 19.8. The minimum atomic E-state index is -2.37. The van der Waals surface area contributed by atoms with Gasteiger partial charge in [-0.25, -0.2) is 9.59 Å². The lowest BCUT2D eigenvalue weighted by Gasteiger charge is -2.68. The van der Waals surface area contributed by atoms with Crippen LogP contribution >= 0.6 is 0 Å². The summed E-state index contributed by atoms with van der Waals surface area (Å²) >= 11 is 0. The van der Waals surface area contributed by atoms with Gasteiger partial charge in [-0.2, -0.15) is 0 Å². The zero-order valence-corrected chi connectivity index (χ0v) is 25.5. The van der Waals surface area contributed by atoms with Crippen LogP contribution in [0.5, 0.6) is 0 Å². The molecule has 4 heterocycles. The smallest absolute Gasteiger partial charge is 0.345 e. The number of hydrogen-bond donors (Lipinski definition) is 0. The molecule has 6 aliphatic rings. The Kier molecular flexibility index (Phi) is 5.59. The molecule has 9 atom stereocenters. The van der Waals surface area contributed by atoms with Gasteiger partial charge < -0.3 is 28.4 Å². The fourth-order valence-corrected chi connectivity index (χ4v) is 9.40. The number of rotatable bonds is 3. The van der Waals surface area contributed by atoms with Crippen LogP contribution in [0.1, 0.15) is 74.7 Å². The molecule has 232 valence electrons. The number of esters is 5. The molecule has 4 saturated heterocycles. The van der Waals surface area contributed by atoms with E-state index in [-0.39, 0.29) is 30.4 Å². The number of fused-ring (bicyclic) bond motifs is 1. The Labute approximate surface area is 248 Å². The van der Waals surface area contributed by atoms with E-state index >= 15 is 0 Å². The molecule has 12 heteroatoms. The molecule has 6 rings (SSSR count). The highest BCUT2D eigenvalue weighted by molar-refractivity contribution is 6.21. The first-order valence-electron chi connectivity index (χ1n) is 14.4. The molecule has 4 aliphatic heterocycles. The number of allylic oxidation sites excluding steroid dienone is 1. The van der Waals surface area contributed by atoms with E-state index in [4.69, 9.17) is 28.4 Å². The molecule has 6 fully saturated rings. The van der Waals surface area contributed by atoms with Gasteiger partial charge in [0.2, 0.25) is 17.0 Å². The molecule has 3 bridgehead atoms. The number of hydrogen-bond acceptors (Lipinski definition) is 12. The Bertz CT molecular complexity index is 1490. The maximum Gasteiger partial charge on any atom is 0.345 e. The predicted octanol–water partition coefficient (Wildman–Crippen LogP) is 2.20. The van der Waals surface area contributed by atoms with E-state index in [1.54, 1.807) is 33.8 Å². The molecule has 0 unspecified atom stereocenters. The van der Waals surface area contributed by atoms with Crippen LogP contribution in [0.4, 0.5) is 0 Å². The summed E-state index contributed by atoms with van der Waals surface area (Å²) in [6.45, 7) is 16.4. The van der Waals surface area contributed by atoms with Crippen molar-refractivity contribution >= 4 is 35.6 Å². The van der Waals surface area contributed by atoms with Crippen LogP contribution in [-0.4, -0.2) is 76.3 Å². The number of carbonyl (C=O) groups is 6. The molecule has 2 spiro atoms. The molecule has 2 saturated carbocycles. The molecule has 0 aromatic heterocycles. The van der Waals surface area contributed by atoms with Crippen molar-refractivity contribution in [2.45, 2.75) is 115 Å². The Morgan fingerprint density at radius 2 is 1.63 bits per heavy atom. The first-order valence-corrected chi connectivity index (χ1v) is 14.4. The maximum atomic E-state index is 14.9. The lowest BCUT2D eigenvalue weighted by molar-refractivity contribution is -0.274. The van der Waals surface area contributed by atoms with E-state index < -0.39 is 92.6 Å². The number of cyclic esters (lactones) is 2. The fraction of sp³-hybridized carbons (Fsp3) is 0.677. The van der Waals surface area contributed by atoms with Crippen molar-refractivity contribution in [2.24, 2.45) is 16.2 Å². The van der Waals surface area contributed by atoms with Gasteiger partial charge >= 0.3 is 29.8 Å². The Balaban J connectivity index is 1.76. The van der Waals surface area contributed by atoms with Gasteiger partial charge in [-0.1, -0.05) is 19.6 Å². The quantitative estimate of drug-likeness (QED) is 0.153. The molecule has 2 aliphatic carbocycles. The SMILES string of the molecule is C=C1[C@]2(CCC(=O)OC2(C)C)C[C@H](OC(=O)/C(C)=C/C)[C@@]2(C)[C@]34C(=O)O[C@H](C)[C@]35O[C@@]12[C@H](OC(C)=O)[C@@](C)(OC5=O)C4=O. The minimum Gasteiger partial charge on any atom is -0.459 e. The van der Waals surface area contributed by atoms with Crippen molar-refractivity contribution in [3.63, 3.8) is 0 Å². The van der Waals surface area contributed by atoms with Crippen molar-refractivity contribution in [2.75, 3.05) is 0 Å². The molecule has 43 heavy (non-hydrogen) atoms. The van der Waals surface area contributed by atoms with Crippen LogP contribution in [-0.2, 0) is 57.2 Å². The zero-order valence-electron chi connectivity index (χ0n) is 25.5. The van der Waals surface area contributed by atoms with Crippen LogP contribution in [0.3, 0.4) is 0 Å². The summed E-state index contributed by atoms with van der Waals surface area (Å²) in [4.78, 5) is 82.1. The van der Waals surface area contributed by atoms with E-state index in [0.29, 0.717) is 0 Å². The summed E-state index contributed by atoms with van der Waals surface area (Å²) in [5.41, 5.74) is -12.8. The standard InChI is InChI=1S/C31H36O12/c1-10-14(2)20(34)40-18-13-28(12-11-19(33)41-25(28,6)7)15(3)30-22(39-17(5)32)26(8)21(35)29(27(18,30)9)23(36)38-16(4)31(29,43-30)24(37)42-26/h10,16,18,22H,3,11-13H2,1-2,4-9H3/b14-10+/t16-,18+,22-,26+,27+,28+,29+,30-,31-/m1/s1. The number of ether oxygens (including phenoxy) is 6. The monoisotopic (exact) mass is 600 g/mol. The van der Waals surface area contributed by atoms with Gasteiger partial charge in [0.05, 0.1) is 5.41 Å². The lowest BCUT2D eigenvalue weighted by Crippen LogP contribution is -2.85. The highest BCUT2D eigenvalue weighted by Crippen LogP contribution is 2.82. The molecule has 0 amide bonds. The average Bonchev–Trinajstić information content (AvgIpc) is 3.23. The predicted molar refractivity (Wildman–Crippen MR) is 143 cm³/mol. The Morgan fingerprint density at radius 1 is 0.977 bits per heavy atom. The minimum absolute atomic E-state index is 0.0254. The van der Waals surface area contributed by atoms with Gasteiger partial charge in [0.1, 0.15) is 23.4 Å². The average molecular weight is 601 g/mol. The van der Waals surface area contributed by atoms with Crippen LogP contribution in [0, 0.1) is 16.2 Å². The third-order valence-electron chi connectivity index (χ3n) is 11.6. The second kappa shape index (κ2) is 8.13. The third-order valence-corrected chi connectivity index (χ3v) is 11.6. The largest absolute Gasteiger partial charge is 0.459 e. The summed E-state index contributed by atoms with van der Waals surface area (Å²) in [6, 6.07) is 0. The maximum absolute atomic E-state index is 14.9. The lowest BCUT2D eigenvalue weighted by atomic mass is 9.35. The van der Waals surface area contributed by atoms with Gasteiger partial charge in [0.15, 0.2) is 11.5 Å². The highest BCUT2D eigenvalue weighted by Gasteiger charge is 3.03. The zero-order chi connectivity index (χ0) is 31.9. The third kappa shape index (κ3) is 2.71. The second-order valence-electron chi connectivity index (χ2n) is 13.5. The molecule has 0 N–H and O–H groups in total. The number of ketones is 1. The van der Waals surface area contributed by atoms with Crippen LogP contribution in [0.15, 0.2) is 23.8 Å². The Hall–Kier alpha value is -3.54. The molecule has 12 nitrogen and oxygen atoms in total. The van der Waals surface area contributed by atoms with E-state index in [0.717, 1.165) is 6.92 Å². The first kappa shape index (κ1) is 29.5. The summed E-state index contributed by atoms with van der Waals surface area (Å²) in [6.07, 6.45) is -2.66. The summed E-state index contributed by atoms with van der Waals surface area (Å²) < 4.78 is 36.4. The van der Waals surface area contributed by atoms with Crippen molar-refractivity contribution in [3.05, 3.63) is 23.8 Å². The van der Waals surface area contributed by atoms with Crippen molar-refractivity contribution < 1.29 is 57.2 Å². The normalized spacial score (nSPS) is 47.4. The van der Waals surface area contributed by atoms with E-state index in [1.165, 1.54) is 20.8 Å². The van der Waals surface area contributed by atoms with E-state index in [1.807, 2.05) is 0 Å². The highest BCUT2D eigenvalue weighted by atomic mass is 16.7. The molecule has 0 aromatic carbocycles. The van der Waals surface area contributed by atoms with Crippen molar-refractivity contribution in [3.8, 4) is 0 Å². The topological polar surface area (TPSA) is 158 Å². The van der Waals surface area contributed by atoms with Gasteiger partial charge in [-0.3, -0.25) is 19.2 Å². The van der Waals surface area contributed by atoms with E-state index in [2.05, 4.69) is 6.58 Å². The van der Waals surface area contributed by atoms with E-state index in [9.17, 15) is 28.8 Å². The van der Waals surface area contributed by atoms with Gasteiger partial charge in [-0.05, 0) is 60.0 Å². The molecule has 0 radical (unpaired) electrons. The number of Topliss-reactive ketones (excluding diaryl/α,β-unsaturated/α-hetero) is 1. The van der Waals surface area contributed by atoms with Gasteiger partial charge in [-0.15, -0.1) is 0 Å².